The molecule has 0 aliphatic rings. The van der Waals surface area contributed by atoms with Crippen molar-refractivity contribution in [3.63, 3.8) is 0 Å². The Morgan fingerprint density at radius 2 is 0.691 bits per heavy atom. The lowest BCUT2D eigenvalue weighted by atomic mass is 10.1. The molecular weight excluding hydrogens is 837 g/mol. The van der Waals surface area contributed by atoms with Gasteiger partial charge < -0.3 is 14.2 Å². The maximum absolute atomic E-state index is 12.8. The van der Waals surface area contributed by atoms with Crippen LogP contribution in [0.25, 0.3) is 0 Å². The normalized spacial score (nSPS) is 13.4. The number of carbonyl (C=O) groups is 2. The molecule has 0 saturated carbocycles. The Hall–Kier alpha value is -4.22. The van der Waals surface area contributed by atoms with Gasteiger partial charge in [-0.05, 0) is 128 Å². The second-order valence-corrected chi connectivity index (χ2v) is 17.4. The molecule has 0 aromatic heterocycles. The quantitative estimate of drug-likeness (QED) is 0.0346. The molecule has 5 nitrogen and oxygen atoms in total. The third-order valence-electron chi connectivity index (χ3n) is 10.9. The summed E-state index contributed by atoms with van der Waals surface area (Å²) in [5.74, 6) is -0.531. The van der Waals surface area contributed by atoms with Crippen LogP contribution in [0, 0.1) is 0 Å². The average Bonchev–Trinajstić information content (AvgIpc) is 3.34. The molecule has 0 rings (SSSR count). The Labute approximate surface area is 419 Å². The largest absolute Gasteiger partial charge is 0.462 e. The third kappa shape index (κ3) is 54.4. The van der Waals surface area contributed by atoms with Crippen molar-refractivity contribution in [2.24, 2.45) is 0 Å². The van der Waals surface area contributed by atoms with Crippen molar-refractivity contribution >= 4 is 11.9 Å². The van der Waals surface area contributed by atoms with E-state index in [0.29, 0.717) is 19.4 Å². The van der Waals surface area contributed by atoms with Crippen LogP contribution >= 0.6 is 0 Å². The predicted octanol–water partition coefficient (Wildman–Crippen LogP) is 18.9. The molecule has 0 radical (unpaired) electrons. The van der Waals surface area contributed by atoms with E-state index < -0.39 is 6.10 Å². The summed E-state index contributed by atoms with van der Waals surface area (Å²) in [6.45, 7) is 7.42. The lowest BCUT2D eigenvalue weighted by Gasteiger charge is -2.18. The average molecular weight is 937 g/mol. The fraction of sp³-hybridized carbons (Fsp3) is 0.587. The number of hydrogen-bond acceptors (Lipinski definition) is 5. The highest BCUT2D eigenvalue weighted by molar-refractivity contribution is 5.70. The molecule has 0 aromatic carbocycles. The van der Waals surface area contributed by atoms with Gasteiger partial charge in [-0.1, -0.05) is 218 Å². The Bertz CT molecular complexity index is 1480. The van der Waals surface area contributed by atoms with Crippen LogP contribution in [0.15, 0.2) is 146 Å². The molecule has 68 heavy (non-hydrogen) atoms. The van der Waals surface area contributed by atoms with Crippen molar-refractivity contribution in [2.75, 3.05) is 19.8 Å². The van der Waals surface area contributed by atoms with Crippen molar-refractivity contribution in [3.05, 3.63) is 146 Å². The molecule has 0 amide bonds. The first kappa shape index (κ1) is 63.8. The van der Waals surface area contributed by atoms with E-state index in [1.165, 1.54) is 57.8 Å². The molecule has 0 saturated heterocycles. The van der Waals surface area contributed by atoms with Crippen molar-refractivity contribution in [1.82, 2.24) is 0 Å². The molecule has 1 unspecified atom stereocenters. The van der Waals surface area contributed by atoms with E-state index in [-0.39, 0.29) is 31.6 Å². The van der Waals surface area contributed by atoms with Crippen LogP contribution in [0.4, 0.5) is 0 Å². The zero-order valence-corrected chi connectivity index (χ0v) is 43.8. The van der Waals surface area contributed by atoms with E-state index in [1.54, 1.807) is 0 Å². The van der Waals surface area contributed by atoms with Crippen LogP contribution in [0.5, 0.6) is 0 Å². The summed E-state index contributed by atoms with van der Waals surface area (Å²) >= 11 is 0. The fourth-order valence-electron chi connectivity index (χ4n) is 6.85. The maximum atomic E-state index is 12.8. The Balaban J connectivity index is 4.49. The van der Waals surface area contributed by atoms with E-state index in [9.17, 15) is 9.59 Å². The minimum Gasteiger partial charge on any atom is -0.462 e. The number of rotatable bonds is 48. The highest BCUT2D eigenvalue weighted by Crippen LogP contribution is 2.12. The smallest absolute Gasteiger partial charge is 0.306 e. The summed E-state index contributed by atoms with van der Waals surface area (Å²) in [5.41, 5.74) is 0. The van der Waals surface area contributed by atoms with Crippen LogP contribution in [-0.2, 0) is 23.8 Å². The number of allylic oxidation sites excluding steroid dienone is 24. The van der Waals surface area contributed by atoms with Gasteiger partial charge in [0.25, 0.3) is 0 Å². The molecule has 0 spiro atoms. The Morgan fingerprint density at radius 3 is 1.12 bits per heavy atom. The summed E-state index contributed by atoms with van der Waals surface area (Å²) in [6.07, 6.45) is 83.0. The van der Waals surface area contributed by atoms with Gasteiger partial charge >= 0.3 is 11.9 Å². The second-order valence-electron chi connectivity index (χ2n) is 17.4. The van der Waals surface area contributed by atoms with Crippen LogP contribution < -0.4 is 0 Å². The first-order valence-electron chi connectivity index (χ1n) is 27.4. The van der Waals surface area contributed by atoms with Crippen LogP contribution in [-0.4, -0.2) is 37.9 Å². The van der Waals surface area contributed by atoms with Gasteiger partial charge in [0.2, 0.25) is 0 Å². The van der Waals surface area contributed by atoms with Gasteiger partial charge in [0.1, 0.15) is 6.61 Å². The first-order valence-corrected chi connectivity index (χ1v) is 27.4. The van der Waals surface area contributed by atoms with Gasteiger partial charge in [-0.3, -0.25) is 9.59 Å². The van der Waals surface area contributed by atoms with E-state index in [4.69, 9.17) is 14.2 Å². The van der Waals surface area contributed by atoms with Gasteiger partial charge in [0.05, 0.1) is 6.61 Å². The van der Waals surface area contributed by atoms with Crippen molar-refractivity contribution in [1.29, 1.82) is 0 Å². The topological polar surface area (TPSA) is 61.8 Å². The van der Waals surface area contributed by atoms with Crippen LogP contribution in [0.3, 0.4) is 0 Å². The lowest BCUT2D eigenvalue weighted by molar-refractivity contribution is -0.162. The van der Waals surface area contributed by atoms with E-state index in [0.717, 1.165) is 116 Å². The molecule has 1 atom stereocenters. The maximum Gasteiger partial charge on any atom is 0.306 e. The molecule has 382 valence electrons. The third-order valence-corrected chi connectivity index (χ3v) is 10.9. The van der Waals surface area contributed by atoms with Gasteiger partial charge in [-0.25, -0.2) is 0 Å². The van der Waals surface area contributed by atoms with Gasteiger partial charge in [-0.15, -0.1) is 0 Å². The molecule has 0 aliphatic heterocycles. The second kappa shape index (κ2) is 57.1. The Morgan fingerprint density at radius 1 is 0.338 bits per heavy atom. The molecule has 0 fully saturated rings. The molecule has 0 aromatic rings. The zero-order chi connectivity index (χ0) is 49.2. The van der Waals surface area contributed by atoms with Crippen molar-refractivity contribution in [3.8, 4) is 0 Å². The monoisotopic (exact) mass is 937 g/mol. The predicted molar refractivity (Wildman–Crippen MR) is 297 cm³/mol. The number of esters is 2. The fourth-order valence-corrected chi connectivity index (χ4v) is 6.85. The number of unbranched alkanes of at least 4 members (excludes halogenated alkanes) is 13. The van der Waals surface area contributed by atoms with E-state index in [2.05, 4.69) is 161 Å². The summed E-state index contributed by atoms with van der Waals surface area (Å²) in [7, 11) is 0. The zero-order valence-electron chi connectivity index (χ0n) is 43.8. The van der Waals surface area contributed by atoms with Gasteiger partial charge in [0, 0.05) is 19.4 Å². The lowest BCUT2D eigenvalue weighted by Crippen LogP contribution is -2.30. The summed E-state index contributed by atoms with van der Waals surface area (Å²) in [5, 5.41) is 0. The summed E-state index contributed by atoms with van der Waals surface area (Å²) < 4.78 is 17.3. The van der Waals surface area contributed by atoms with Crippen molar-refractivity contribution < 1.29 is 23.8 Å². The summed E-state index contributed by atoms with van der Waals surface area (Å²) in [4.78, 5) is 25.4. The summed E-state index contributed by atoms with van der Waals surface area (Å²) in [6, 6.07) is 0. The standard InChI is InChI=1S/C63H100O5/c1-4-7-10-13-16-19-22-25-28-30-32-33-36-38-41-44-47-50-53-56-62(64)67-60-61(68-63(65)57-54-51-48-45-42-39-35-27-24-21-18-15-12-9-6-3)59-66-58-55-52-49-46-43-40-37-34-31-29-26-23-20-17-14-11-8-5-2/h7-8,10-11,16-21,25-29,32-35,37-38,41,47,50,61H,4-6,9,12-15,22-24,30-31,36,39-40,42-46,48-49,51-60H2,1-3H3/b10-7-,11-8-,19-16-,20-17-,21-18-,28-25-,29-26-,33-32-,35-27-,37-34-,41-38-,50-47-. The van der Waals surface area contributed by atoms with E-state index >= 15 is 0 Å². The highest BCUT2D eigenvalue weighted by Gasteiger charge is 2.17. The van der Waals surface area contributed by atoms with Crippen LogP contribution in [0.1, 0.15) is 213 Å². The minimum absolute atomic E-state index is 0.0216. The molecule has 5 heteroatoms. The molecule has 0 heterocycles. The minimum atomic E-state index is -0.596. The van der Waals surface area contributed by atoms with Gasteiger partial charge in [0.15, 0.2) is 6.10 Å². The number of ether oxygens (including phenoxy) is 3. The van der Waals surface area contributed by atoms with E-state index in [1.807, 2.05) is 6.08 Å². The van der Waals surface area contributed by atoms with Gasteiger partial charge in [-0.2, -0.15) is 0 Å². The molecule has 0 bridgehead atoms. The number of carbonyl (C=O) groups excluding carboxylic acids is 2. The molecule has 0 aliphatic carbocycles. The molecule has 0 N–H and O–H groups in total. The Kier molecular flexibility index (Phi) is 53.6. The SMILES string of the molecule is CC/C=C\C/C=C\C/C=C\C/C=C\C/C=C\C/C=C\CCC(=O)OCC(COCCCCCCC/C=C\C/C=C\C/C=C\C/C=C\CC)OC(=O)CCCCCCC/C=C\C/C=C\CCCCC. The first-order chi connectivity index (χ1) is 33.6. The highest BCUT2D eigenvalue weighted by atomic mass is 16.6. The van der Waals surface area contributed by atoms with Crippen LogP contribution in [0.2, 0.25) is 0 Å². The molecular formula is C63H100O5. The number of hydrogen-bond donors (Lipinski definition) is 0. The van der Waals surface area contributed by atoms with Crippen molar-refractivity contribution in [2.45, 2.75) is 219 Å².